The fourth-order valence-corrected chi connectivity index (χ4v) is 4.04. The molecule has 3 heterocycles. The minimum absolute atomic E-state index is 0.0661. The quantitative estimate of drug-likeness (QED) is 0.488. The van der Waals surface area contributed by atoms with Gasteiger partial charge in [-0.1, -0.05) is 23.8 Å². The molecule has 0 bridgehead atoms. The zero-order valence-electron chi connectivity index (χ0n) is 17.8. The van der Waals surface area contributed by atoms with Crippen molar-refractivity contribution in [2.45, 2.75) is 26.2 Å². The van der Waals surface area contributed by atoms with E-state index in [4.69, 9.17) is 4.42 Å². The van der Waals surface area contributed by atoms with Crippen LogP contribution >= 0.6 is 0 Å². The fourth-order valence-electron chi connectivity index (χ4n) is 4.04. The highest BCUT2D eigenvalue weighted by molar-refractivity contribution is 5.93. The number of nitrogens with zero attached hydrogens (tertiary/aromatic N) is 3. The molecule has 0 aliphatic carbocycles. The van der Waals surface area contributed by atoms with Crippen molar-refractivity contribution in [2.75, 3.05) is 13.1 Å². The Kier molecular flexibility index (Phi) is 5.31. The third kappa shape index (κ3) is 4.06. The molecule has 0 atom stereocenters. The lowest BCUT2D eigenvalue weighted by Crippen LogP contribution is -2.34. The number of carbonyl (C=O) groups excluding carboxylic acids is 1. The monoisotopic (exact) mass is 430 g/mol. The molecule has 0 radical (unpaired) electrons. The Labute approximate surface area is 184 Å². The van der Waals surface area contributed by atoms with Crippen molar-refractivity contribution in [2.24, 2.45) is 0 Å². The summed E-state index contributed by atoms with van der Waals surface area (Å²) < 4.78 is 19.2. The number of aromatic nitrogens is 3. The highest BCUT2D eigenvalue weighted by Crippen LogP contribution is 2.30. The summed E-state index contributed by atoms with van der Waals surface area (Å²) in [6, 6.07) is 12.6. The smallest absolute Gasteiger partial charge is 0.247 e. The number of nitrogens with one attached hydrogen (secondary N) is 1. The molecule has 0 saturated heterocycles. The van der Waals surface area contributed by atoms with E-state index in [-0.39, 0.29) is 11.7 Å². The minimum Gasteiger partial charge on any atom is -0.421 e. The maximum absolute atomic E-state index is 13.4. The molecular formula is C25H23FN4O2. The van der Waals surface area contributed by atoms with Crippen LogP contribution in [0.1, 0.15) is 29.9 Å². The molecule has 0 spiro atoms. The Morgan fingerprint density at radius 2 is 2.03 bits per heavy atom. The van der Waals surface area contributed by atoms with Gasteiger partial charge in [-0.2, -0.15) is 0 Å². The third-order valence-corrected chi connectivity index (χ3v) is 5.87. The second-order valence-electron chi connectivity index (χ2n) is 8.08. The summed E-state index contributed by atoms with van der Waals surface area (Å²) in [5, 5.41) is 9.18. The van der Waals surface area contributed by atoms with Crippen LogP contribution in [0, 0.1) is 12.7 Å². The molecule has 162 valence electrons. The van der Waals surface area contributed by atoms with Gasteiger partial charge in [0.15, 0.2) is 0 Å². The first-order valence-electron chi connectivity index (χ1n) is 10.7. The second kappa shape index (κ2) is 8.42. The van der Waals surface area contributed by atoms with Gasteiger partial charge in [0, 0.05) is 54.2 Å². The summed E-state index contributed by atoms with van der Waals surface area (Å²) in [5.74, 6) is 0.744. The largest absolute Gasteiger partial charge is 0.421 e. The van der Waals surface area contributed by atoms with Gasteiger partial charge in [-0.15, -0.1) is 10.2 Å². The number of halogens is 1. The van der Waals surface area contributed by atoms with Gasteiger partial charge in [0.2, 0.25) is 17.7 Å². The predicted molar refractivity (Wildman–Crippen MR) is 120 cm³/mol. The lowest BCUT2D eigenvalue weighted by Gasteiger charge is -2.26. The molecule has 5 rings (SSSR count). The highest BCUT2D eigenvalue weighted by Gasteiger charge is 2.20. The van der Waals surface area contributed by atoms with Crippen molar-refractivity contribution >= 4 is 22.4 Å². The summed E-state index contributed by atoms with van der Waals surface area (Å²) in [6.45, 7) is 3.23. The number of hydrogen-bond donors (Lipinski definition) is 1. The maximum Gasteiger partial charge on any atom is 0.247 e. The Morgan fingerprint density at radius 1 is 1.19 bits per heavy atom. The number of aryl methyl sites for hydroxylation is 2. The van der Waals surface area contributed by atoms with E-state index in [1.54, 1.807) is 6.07 Å². The molecule has 2 aromatic heterocycles. The zero-order chi connectivity index (χ0) is 22.1. The third-order valence-electron chi connectivity index (χ3n) is 5.87. The lowest BCUT2D eigenvalue weighted by molar-refractivity contribution is -0.130. The van der Waals surface area contributed by atoms with E-state index in [9.17, 15) is 9.18 Å². The SMILES string of the molecule is Cc1ccc(-c2nnc(CCC(=O)N3CC=C(c4c[nH]c5cc(F)ccc45)CC3)o2)cc1. The molecule has 4 aromatic rings. The predicted octanol–water partition coefficient (Wildman–Crippen LogP) is 4.91. The lowest BCUT2D eigenvalue weighted by atomic mass is 9.98. The normalized spacial score (nSPS) is 14.1. The van der Waals surface area contributed by atoms with Crippen LogP contribution in [0.5, 0.6) is 0 Å². The van der Waals surface area contributed by atoms with Crippen molar-refractivity contribution in [3.05, 3.63) is 77.6 Å². The van der Waals surface area contributed by atoms with Gasteiger partial charge in [-0.05, 0) is 49.2 Å². The number of rotatable bonds is 5. The van der Waals surface area contributed by atoms with Gasteiger partial charge >= 0.3 is 0 Å². The first kappa shape index (κ1) is 20.2. The number of H-pyrrole nitrogens is 1. The molecule has 1 aliphatic heterocycles. The molecule has 2 aromatic carbocycles. The first-order valence-corrected chi connectivity index (χ1v) is 10.7. The van der Waals surface area contributed by atoms with E-state index < -0.39 is 0 Å². The Balaban J connectivity index is 1.19. The van der Waals surface area contributed by atoms with E-state index in [2.05, 4.69) is 21.3 Å². The number of hydrogen-bond acceptors (Lipinski definition) is 4. The van der Waals surface area contributed by atoms with Gasteiger partial charge in [-0.25, -0.2) is 4.39 Å². The molecular weight excluding hydrogens is 407 g/mol. The van der Waals surface area contributed by atoms with E-state index >= 15 is 0 Å². The molecule has 7 heteroatoms. The molecule has 1 aliphatic rings. The van der Waals surface area contributed by atoms with Crippen LogP contribution in [0.2, 0.25) is 0 Å². The second-order valence-corrected chi connectivity index (χ2v) is 8.08. The van der Waals surface area contributed by atoms with E-state index in [0.29, 0.717) is 37.7 Å². The van der Waals surface area contributed by atoms with Gasteiger partial charge in [0.05, 0.1) is 0 Å². The maximum atomic E-state index is 13.4. The number of carbonyl (C=O) groups is 1. The molecule has 32 heavy (non-hydrogen) atoms. The topological polar surface area (TPSA) is 75.0 Å². The number of fused-ring (bicyclic) bond motifs is 1. The van der Waals surface area contributed by atoms with Crippen molar-refractivity contribution < 1.29 is 13.6 Å². The molecule has 1 amide bonds. The molecule has 0 fully saturated rings. The molecule has 0 unspecified atom stereocenters. The van der Waals surface area contributed by atoms with Crippen molar-refractivity contribution in [3.8, 4) is 11.5 Å². The van der Waals surface area contributed by atoms with Crippen LogP contribution in [0.25, 0.3) is 27.9 Å². The van der Waals surface area contributed by atoms with Crippen LogP contribution in [0.3, 0.4) is 0 Å². The summed E-state index contributed by atoms with van der Waals surface area (Å²) in [4.78, 5) is 17.7. The number of benzene rings is 2. The summed E-state index contributed by atoms with van der Waals surface area (Å²) >= 11 is 0. The Hall–Kier alpha value is -3.74. The van der Waals surface area contributed by atoms with E-state index in [1.807, 2.05) is 42.3 Å². The van der Waals surface area contributed by atoms with Crippen LogP contribution in [-0.2, 0) is 11.2 Å². The first-order chi connectivity index (χ1) is 15.6. The highest BCUT2D eigenvalue weighted by atomic mass is 19.1. The van der Waals surface area contributed by atoms with Crippen molar-refractivity contribution in [1.82, 2.24) is 20.1 Å². The Morgan fingerprint density at radius 3 is 2.81 bits per heavy atom. The number of aromatic amines is 1. The van der Waals surface area contributed by atoms with Gasteiger partial charge in [0.25, 0.3) is 0 Å². The van der Waals surface area contributed by atoms with Crippen LogP contribution in [0.15, 0.2) is 59.2 Å². The van der Waals surface area contributed by atoms with Crippen molar-refractivity contribution in [3.63, 3.8) is 0 Å². The van der Waals surface area contributed by atoms with Gasteiger partial charge < -0.3 is 14.3 Å². The molecule has 1 N–H and O–H groups in total. The van der Waals surface area contributed by atoms with E-state index in [0.717, 1.165) is 34.0 Å². The fraction of sp³-hybridized carbons (Fsp3) is 0.240. The number of amides is 1. The molecule has 0 saturated carbocycles. The molecule has 6 nitrogen and oxygen atoms in total. The summed E-state index contributed by atoms with van der Waals surface area (Å²) in [7, 11) is 0. The summed E-state index contributed by atoms with van der Waals surface area (Å²) in [6.07, 6.45) is 5.49. The van der Waals surface area contributed by atoms with Crippen LogP contribution in [-0.4, -0.2) is 39.1 Å². The van der Waals surface area contributed by atoms with Crippen LogP contribution in [0.4, 0.5) is 4.39 Å². The summed E-state index contributed by atoms with van der Waals surface area (Å²) in [5.41, 5.74) is 5.06. The standard InChI is InChI=1S/C25H23FN4O2/c1-16-2-4-18(5-3-16)25-29-28-23(32-25)8-9-24(31)30-12-10-17(11-13-30)21-15-27-22-14-19(26)6-7-20(21)22/h2-7,10,14-15,27H,8-9,11-13H2,1H3. The average molecular weight is 430 g/mol. The Bertz CT molecular complexity index is 1300. The van der Waals surface area contributed by atoms with Crippen molar-refractivity contribution in [1.29, 1.82) is 0 Å². The van der Waals surface area contributed by atoms with Gasteiger partial charge in [-0.3, -0.25) is 4.79 Å². The van der Waals surface area contributed by atoms with E-state index in [1.165, 1.54) is 17.7 Å². The average Bonchev–Trinajstić information content (AvgIpc) is 3.45. The minimum atomic E-state index is -0.257. The zero-order valence-corrected chi connectivity index (χ0v) is 17.8. The van der Waals surface area contributed by atoms with Gasteiger partial charge in [0.1, 0.15) is 5.82 Å². The van der Waals surface area contributed by atoms with Crippen LogP contribution < -0.4 is 0 Å².